The first-order valence-electron chi connectivity index (χ1n) is 10.9. The van der Waals surface area contributed by atoms with Gasteiger partial charge < -0.3 is 14.8 Å². The largest absolute Gasteiger partial charge is 0.371 e. The molecule has 0 saturated carbocycles. The maximum Gasteiger partial charge on any atom is 0.268 e. The van der Waals surface area contributed by atoms with Crippen molar-refractivity contribution in [2.75, 3.05) is 24.5 Å². The van der Waals surface area contributed by atoms with Gasteiger partial charge in [0.1, 0.15) is 5.69 Å². The van der Waals surface area contributed by atoms with Crippen molar-refractivity contribution in [1.82, 2.24) is 14.9 Å². The van der Waals surface area contributed by atoms with Gasteiger partial charge in [-0.1, -0.05) is 48.0 Å². The lowest BCUT2D eigenvalue weighted by Crippen LogP contribution is -2.39. The van der Waals surface area contributed by atoms with Gasteiger partial charge in [0.15, 0.2) is 0 Å². The molecule has 1 N–H and O–H groups in total. The first-order valence-corrected chi connectivity index (χ1v) is 11.7. The van der Waals surface area contributed by atoms with Crippen LogP contribution >= 0.6 is 23.2 Å². The highest BCUT2D eigenvalue weighted by Gasteiger charge is 2.22. The van der Waals surface area contributed by atoms with Crippen LogP contribution in [-0.2, 0) is 0 Å². The maximum absolute atomic E-state index is 13.3. The van der Waals surface area contributed by atoms with E-state index >= 15 is 0 Å². The summed E-state index contributed by atoms with van der Waals surface area (Å²) in [6, 6.07) is 13.8. The quantitative estimate of drug-likeness (QED) is 0.420. The predicted molar refractivity (Wildman–Crippen MR) is 138 cm³/mol. The van der Waals surface area contributed by atoms with E-state index in [0.29, 0.717) is 28.9 Å². The third kappa shape index (κ3) is 5.49. The van der Waals surface area contributed by atoms with Crippen molar-refractivity contribution in [2.45, 2.75) is 12.8 Å². The highest BCUT2D eigenvalue weighted by molar-refractivity contribution is 6.31. The van der Waals surface area contributed by atoms with Crippen molar-refractivity contribution >= 4 is 51.4 Å². The molecule has 0 aliphatic carbocycles. The fourth-order valence-corrected chi connectivity index (χ4v) is 4.53. The minimum absolute atomic E-state index is 0.128. The van der Waals surface area contributed by atoms with Gasteiger partial charge in [0, 0.05) is 59.4 Å². The smallest absolute Gasteiger partial charge is 0.268 e. The van der Waals surface area contributed by atoms with Crippen molar-refractivity contribution < 1.29 is 4.79 Å². The second kappa shape index (κ2) is 10.7. The number of para-hydroxylation sites is 1. The van der Waals surface area contributed by atoms with Crippen molar-refractivity contribution in [3.63, 3.8) is 0 Å². The van der Waals surface area contributed by atoms with Gasteiger partial charge in [-0.25, -0.2) is 0 Å². The zero-order valence-corrected chi connectivity index (χ0v) is 19.8. The Hall–Kier alpha value is -3.02. The van der Waals surface area contributed by atoms with Gasteiger partial charge in [-0.3, -0.25) is 9.78 Å². The van der Waals surface area contributed by atoms with Crippen molar-refractivity contribution in [3.05, 3.63) is 89.9 Å². The Labute approximate surface area is 204 Å². The lowest BCUT2D eigenvalue weighted by Gasteiger charge is -2.33. The summed E-state index contributed by atoms with van der Waals surface area (Å²) < 4.78 is 1.86. The lowest BCUT2D eigenvalue weighted by atomic mass is 9.96. The Morgan fingerprint density at radius 3 is 2.61 bits per heavy atom. The monoisotopic (exact) mass is 480 g/mol. The Morgan fingerprint density at radius 1 is 1.18 bits per heavy atom. The van der Waals surface area contributed by atoms with Crippen LogP contribution in [0.1, 0.15) is 23.3 Å². The fraction of sp³-hybridized carbons (Fsp3) is 0.231. The van der Waals surface area contributed by atoms with Crippen molar-refractivity contribution in [1.29, 1.82) is 0 Å². The molecule has 5 nitrogen and oxygen atoms in total. The summed E-state index contributed by atoms with van der Waals surface area (Å²) in [7, 11) is 0. The second-order valence-corrected chi connectivity index (χ2v) is 8.82. The minimum Gasteiger partial charge on any atom is -0.371 e. The fourth-order valence-electron chi connectivity index (χ4n) is 4.29. The summed E-state index contributed by atoms with van der Waals surface area (Å²) in [6.45, 7) is 6.33. The molecule has 33 heavy (non-hydrogen) atoms. The molecule has 4 rings (SSSR count). The van der Waals surface area contributed by atoms with Gasteiger partial charge in [0.05, 0.1) is 5.52 Å². The van der Waals surface area contributed by atoms with Crippen LogP contribution in [0, 0.1) is 5.92 Å². The molecule has 1 amide bonds. The Kier molecular flexibility index (Phi) is 7.53. The van der Waals surface area contributed by atoms with Crippen molar-refractivity contribution in [3.8, 4) is 0 Å². The molecule has 0 bridgehead atoms. The van der Waals surface area contributed by atoms with Crippen molar-refractivity contribution in [2.24, 2.45) is 5.92 Å². The molecule has 0 radical (unpaired) electrons. The molecule has 0 atom stereocenters. The molecule has 7 heteroatoms. The molecular weight excluding hydrogens is 455 g/mol. The van der Waals surface area contributed by atoms with Crippen LogP contribution in [0.5, 0.6) is 0 Å². The number of rotatable bonds is 7. The zero-order chi connectivity index (χ0) is 23.2. The first-order chi connectivity index (χ1) is 16.1. The van der Waals surface area contributed by atoms with E-state index in [-0.39, 0.29) is 5.91 Å². The molecule has 1 saturated heterocycles. The highest BCUT2D eigenvalue weighted by Crippen LogP contribution is 2.27. The number of halogens is 2. The van der Waals surface area contributed by atoms with Crippen LogP contribution in [0.3, 0.4) is 0 Å². The average molecular weight is 481 g/mol. The number of piperidine rings is 1. The SMILES string of the molecule is C=C(Cl)/C=C(\C=C\Cl)n1c(C(=O)NCC2CCN(c3ccncc3)CC2)cc2ccccc21. The maximum atomic E-state index is 13.3. The molecular formula is C26H26Cl2N4O. The molecule has 0 unspecified atom stereocenters. The van der Waals surface area contributed by atoms with Crippen LogP contribution in [-0.4, -0.2) is 35.1 Å². The number of anilines is 1. The molecule has 3 aromatic rings. The predicted octanol–water partition coefficient (Wildman–Crippen LogP) is 6.03. The van der Waals surface area contributed by atoms with Gasteiger partial charge in [0.2, 0.25) is 0 Å². The number of hydrogen-bond acceptors (Lipinski definition) is 3. The third-order valence-electron chi connectivity index (χ3n) is 5.93. The van der Waals surface area contributed by atoms with Gasteiger partial charge >= 0.3 is 0 Å². The second-order valence-electron chi connectivity index (χ2n) is 8.08. The van der Waals surface area contributed by atoms with Gasteiger partial charge in [-0.05, 0) is 55.2 Å². The number of aromatic nitrogens is 2. The highest BCUT2D eigenvalue weighted by atomic mass is 35.5. The number of allylic oxidation sites excluding steroid dienone is 4. The lowest BCUT2D eigenvalue weighted by molar-refractivity contribution is 0.0938. The number of nitrogens with one attached hydrogen (secondary N) is 1. The number of pyridine rings is 1. The standard InChI is InChI=1S/C26H26Cl2N4O/c1-19(28)16-23(6-11-27)32-24-5-3-2-4-21(24)17-25(32)26(33)30-18-20-9-14-31(15-10-20)22-7-12-29-13-8-22/h2-8,11-13,16-17,20H,1,9-10,14-15,18H2,(H,30,33)/b11-6+,23-16+. The normalized spacial score (nSPS) is 15.3. The number of amides is 1. The zero-order valence-electron chi connectivity index (χ0n) is 18.3. The van der Waals surface area contributed by atoms with Crippen LogP contribution in [0.4, 0.5) is 5.69 Å². The number of carbonyl (C=O) groups is 1. The van der Waals surface area contributed by atoms with Gasteiger partial charge in [0.25, 0.3) is 5.91 Å². The molecule has 3 heterocycles. The molecule has 1 fully saturated rings. The molecule has 0 spiro atoms. The topological polar surface area (TPSA) is 50.2 Å². The molecule has 2 aromatic heterocycles. The number of fused-ring (bicyclic) bond motifs is 1. The summed E-state index contributed by atoms with van der Waals surface area (Å²) in [5, 5.41) is 4.46. The Morgan fingerprint density at radius 2 is 1.91 bits per heavy atom. The van der Waals surface area contributed by atoms with Gasteiger partial charge in [-0.15, -0.1) is 0 Å². The van der Waals surface area contributed by atoms with E-state index in [4.69, 9.17) is 23.2 Å². The van der Waals surface area contributed by atoms with Crippen LogP contribution in [0.25, 0.3) is 16.6 Å². The van der Waals surface area contributed by atoms with Gasteiger partial charge in [-0.2, -0.15) is 0 Å². The van der Waals surface area contributed by atoms with E-state index in [1.165, 1.54) is 11.2 Å². The molecule has 170 valence electrons. The summed E-state index contributed by atoms with van der Waals surface area (Å²) in [6.07, 6.45) is 9.09. The summed E-state index contributed by atoms with van der Waals surface area (Å²) in [5.41, 5.74) is 4.70. The van der Waals surface area contributed by atoms with E-state index in [9.17, 15) is 4.79 Å². The summed E-state index contributed by atoms with van der Waals surface area (Å²) >= 11 is 11.9. The molecule has 1 aliphatic rings. The number of carbonyl (C=O) groups excluding carboxylic acids is 1. The van der Waals surface area contributed by atoms with E-state index in [1.54, 1.807) is 12.2 Å². The number of benzene rings is 1. The molecule has 1 aliphatic heterocycles. The first kappa shape index (κ1) is 23.1. The molecule has 1 aromatic carbocycles. The summed E-state index contributed by atoms with van der Waals surface area (Å²) in [4.78, 5) is 19.7. The number of nitrogens with zero attached hydrogens (tertiary/aromatic N) is 3. The van der Waals surface area contributed by atoms with E-state index < -0.39 is 0 Å². The van der Waals surface area contributed by atoms with Crippen LogP contribution < -0.4 is 10.2 Å². The van der Waals surface area contributed by atoms with E-state index in [0.717, 1.165) is 36.8 Å². The average Bonchev–Trinajstić information content (AvgIpc) is 3.22. The van der Waals surface area contributed by atoms with Crippen LogP contribution in [0.2, 0.25) is 0 Å². The third-order valence-corrected chi connectivity index (χ3v) is 6.17. The van der Waals surface area contributed by atoms with E-state index in [1.807, 2.05) is 59.4 Å². The van der Waals surface area contributed by atoms with Crippen LogP contribution in [0.15, 0.2) is 84.2 Å². The summed E-state index contributed by atoms with van der Waals surface area (Å²) in [5.74, 6) is 0.307. The van der Waals surface area contributed by atoms with E-state index in [2.05, 4.69) is 21.8 Å². The number of hydrogen-bond donors (Lipinski definition) is 1. The minimum atomic E-state index is -0.128. The Balaban J connectivity index is 1.49. The Bertz CT molecular complexity index is 1190.